The number of rotatable bonds is 12. The van der Waals surface area contributed by atoms with Crippen LogP contribution in [0.5, 0.6) is 0 Å². The van der Waals surface area contributed by atoms with E-state index < -0.39 is 6.10 Å². The van der Waals surface area contributed by atoms with Gasteiger partial charge < -0.3 is 14.6 Å². The average Bonchev–Trinajstić information content (AvgIpc) is 3.33. The summed E-state index contributed by atoms with van der Waals surface area (Å²) in [5.74, 6) is 0.154. The van der Waals surface area contributed by atoms with Gasteiger partial charge in [-0.2, -0.15) is 0 Å². The van der Waals surface area contributed by atoms with Gasteiger partial charge in [-0.25, -0.2) is 4.79 Å². The van der Waals surface area contributed by atoms with Gasteiger partial charge in [-0.1, -0.05) is 23.2 Å². The largest absolute Gasteiger partial charge is 0.461 e. The van der Waals surface area contributed by atoms with Crippen molar-refractivity contribution in [3.63, 3.8) is 0 Å². The van der Waals surface area contributed by atoms with Gasteiger partial charge >= 0.3 is 5.97 Å². The van der Waals surface area contributed by atoms with Crippen LogP contribution in [0.1, 0.15) is 65.6 Å². The Kier molecular flexibility index (Phi) is 10.7. The van der Waals surface area contributed by atoms with E-state index in [1.807, 2.05) is 18.2 Å². The number of carbonyl (C=O) groups is 2. The minimum atomic E-state index is -0.395. The smallest absolute Gasteiger partial charge is 0.348 e. The van der Waals surface area contributed by atoms with Gasteiger partial charge in [0.2, 0.25) is 0 Å². The third kappa shape index (κ3) is 8.23. The van der Waals surface area contributed by atoms with E-state index in [1.54, 1.807) is 12.1 Å². The lowest BCUT2D eigenvalue weighted by atomic mass is 9.85. The molecule has 0 bridgehead atoms. The number of Topliss-reactive ketones (excluding diaryl/α,β-unsaturated/α-hetero) is 1. The fraction of sp³-hybridized carbons (Fsp3) is 0.538. The summed E-state index contributed by atoms with van der Waals surface area (Å²) in [6, 6.07) is 9.34. The molecule has 0 spiro atoms. The Hall–Kier alpha value is -1.11. The molecular formula is C26H31Cl3O4S. The average molecular weight is 546 g/mol. The molecule has 4 atom stereocenters. The van der Waals surface area contributed by atoms with E-state index in [4.69, 9.17) is 39.5 Å². The van der Waals surface area contributed by atoms with Crippen molar-refractivity contribution < 1.29 is 19.4 Å². The molecule has 1 N–H and O–H groups in total. The molecule has 1 aromatic heterocycles. The second-order valence-corrected chi connectivity index (χ2v) is 11.7. The highest BCUT2D eigenvalue weighted by atomic mass is 35.5. The third-order valence-corrected chi connectivity index (χ3v) is 8.46. The molecule has 0 radical (unpaired) electrons. The Balaban J connectivity index is 1.47. The van der Waals surface area contributed by atoms with Crippen LogP contribution in [-0.4, -0.2) is 34.9 Å². The third-order valence-electron chi connectivity index (χ3n) is 6.39. The molecular weight excluding hydrogens is 515 g/mol. The summed E-state index contributed by atoms with van der Waals surface area (Å²) in [4.78, 5) is 24.9. The zero-order chi connectivity index (χ0) is 24.7. The number of alkyl halides is 1. The molecule has 1 heterocycles. The summed E-state index contributed by atoms with van der Waals surface area (Å²) >= 11 is 20.3. The fourth-order valence-corrected chi connectivity index (χ4v) is 6.72. The zero-order valence-electron chi connectivity index (χ0n) is 19.3. The van der Waals surface area contributed by atoms with E-state index in [9.17, 15) is 14.7 Å². The Morgan fingerprint density at radius 2 is 1.79 bits per heavy atom. The van der Waals surface area contributed by atoms with E-state index >= 15 is 0 Å². The number of carbonyl (C=O) groups excluding carboxylic acids is 2. The molecule has 0 unspecified atom stereocenters. The lowest BCUT2D eigenvalue weighted by molar-refractivity contribution is -0.117. The lowest BCUT2D eigenvalue weighted by Crippen LogP contribution is -2.21. The standard InChI is InChI=1S/C26H31Cl3O4S/c1-16(30)4-3-11-33-26(32)25-10-8-20(34-25)5-2-6-21-22(24(31)15-23(21)29)9-7-17-12-18(27)14-19(28)13-17/h8,10,12-14,21-24,31H,2-7,9,11,15H2,1H3/t21-,22-,23-,24-/m1/s1. The van der Waals surface area contributed by atoms with E-state index in [-0.39, 0.29) is 35.6 Å². The highest BCUT2D eigenvalue weighted by molar-refractivity contribution is 7.13. The van der Waals surface area contributed by atoms with Gasteiger partial charge in [0.05, 0.1) is 12.7 Å². The molecule has 1 aliphatic rings. The van der Waals surface area contributed by atoms with Crippen LogP contribution < -0.4 is 0 Å². The Morgan fingerprint density at radius 3 is 2.50 bits per heavy atom. The number of hydrogen-bond acceptors (Lipinski definition) is 5. The predicted octanol–water partition coefficient (Wildman–Crippen LogP) is 7.14. The Bertz CT molecular complexity index is 956. The number of ether oxygens (including phenoxy) is 1. The Labute approximate surface area is 220 Å². The quantitative estimate of drug-likeness (QED) is 0.175. The first-order valence-electron chi connectivity index (χ1n) is 11.8. The molecule has 0 saturated heterocycles. The van der Waals surface area contributed by atoms with Gasteiger partial charge in [-0.3, -0.25) is 0 Å². The monoisotopic (exact) mass is 544 g/mol. The topological polar surface area (TPSA) is 63.6 Å². The van der Waals surface area contributed by atoms with E-state index in [1.165, 1.54) is 18.3 Å². The lowest BCUT2D eigenvalue weighted by Gasteiger charge is -2.23. The minimum absolute atomic E-state index is 0.0353. The number of hydrogen-bond donors (Lipinski definition) is 1. The SMILES string of the molecule is CC(=O)CCCOC(=O)c1ccc(CCC[C@@H]2[C@@H](CCc3cc(Cl)cc(Cl)c3)[C@H](O)C[C@H]2Cl)s1. The molecule has 8 heteroatoms. The number of aliphatic hydroxyl groups excluding tert-OH is 1. The number of halogens is 3. The molecule has 0 aliphatic heterocycles. The number of ketones is 1. The maximum atomic E-state index is 12.2. The van der Waals surface area contributed by atoms with Gasteiger partial charge in [0.25, 0.3) is 0 Å². The summed E-state index contributed by atoms with van der Waals surface area (Å²) < 4.78 is 5.25. The second kappa shape index (κ2) is 13.3. The summed E-state index contributed by atoms with van der Waals surface area (Å²) in [7, 11) is 0. The van der Waals surface area contributed by atoms with Gasteiger partial charge in [0, 0.05) is 26.7 Å². The minimum Gasteiger partial charge on any atom is -0.461 e. The molecule has 3 rings (SSSR count). The summed E-state index contributed by atoms with van der Waals surface area (Å²) in [6.45, 7) is 1.79. The molecule has 1 aromatic carbocycles. The van der Waals surface area contributed by atoms with Crippen molar-refractivity contribution >= 4 is 57.9 Å². The molecule has 0 amide bonds. The zero-order valence-corrected chi connectivity index (χ0v) is 22.4. The van der Waals surface area contributed by atoms with Crippen molar-refractivity contribution in [3.05, 3.63) is 55.7 Å². The number of thiophene rings is 1. The van der Waals surface area contributed by atoms with Crippen LogP contribution in [0.25, 0.3) is 0 Å². The number of aliphatic hydroxyl groups is 1. The fourth-order valence-electron chi connectivity index (χ4n) is 4.71. The van der Waals surface area contributed by atoms with Crippen LogP contribution in [0, 0.1) is 11.8 Å². The van der Waals surface area contributed by atoms with Crippen LogP contribution in [0.15, 0.2) is 30.3 Å². The van der Waals surface area contributed by atoms with Gasteiger partial charge in [-0.15, -0.1) is 22.9 Å². The first-order chi connectivity index (χ1) is 16.2. The van der Waals surface area contributed by atoms with Crippen LogP contribution in [0.4, 0.5) is 0 Å². The second-order valence-electron chi connectivity index (χ2n) is 9.06. The van der Waals surface area contributed by atoms with Crippen LogP contribution in [0.2, 0.25) is 10.0 Å². The summed E-state index contributed by atoms with van der Waals surface area (Å²) in [6.07, 6.45) is 5.55. The van der Waals surface area contributed by atoms with Gasteiger partial charge in [-0.05, 0) is 99.6 Å². The maximum Gasteiger partial charge on any atom is 0.348 e. The normalized spacial score (nSPS) is 22.1. The van der Waals surface area contributed by atoms with Crippen molar-refractivity contribution in [2.75, 3.05) is 6.61 Å². The Morgan fingerprint density at radius 1 is 1.06 bits per heavy atom. The van der Waals surface area contributed by atoms with E-state index in [0.717, 1.165) is 42.5 Å². The first-order valence-corrected chi connectivity index (χ1v) is 13.8. The molecule has 4 nitrogen and oxygen atoms in total. The van der Waals surface area contributed by atoms with Crippen molar-refractivity contribution in [1.29, 1.82) is 0 Å². The van der Waals surface area contributed by atoms with E-state index in [0.29, 0.717) is 34.2 Å². The molecule has 1 aliphatic carbocycles. The van der Waals surface area contributed by atoms with Gasteiger partial charge in [0.1, 0.15) is 10.7 Å². The highest BCUT2D eigenvalue weighted by Gasteiger charge is 2.40. The number of esters is 1. The molecule has 2 aromatic rings. The van der Waals surface area contributed by atoms with Gasteiger partial charge in [0.15, 0.2) is 0 Å². The highest BCUT2D eigenvalue weighted by Crippen LogP contribution is 2.42. The predicted molar refractivity (Wildman–Crippen MR) is 139 cm³/mol. The molecule has 186 valence electrons. The summed E-state index contributed by atoms with van der Waals surface area (Å²) in [5.41, 5.74) is 1.07. The summed E-state index contributed by atoms with van der Waals surface area (Å²) in [5, 5.41) is 11.8. The number of aryl methyl sites for hydroxylation is 2. The van der Waals surface area contributed by atoms with Crippen molar-refractivity contribution in [3.8, 4) is 0 Å². The first kappa shape index (κ1) is 27.5. The molecule has 34 heavy (non-hydrogen) atoms. The van der Waals surface area contributed by atoms with Crippen LogP contribution >= 0.6 is 46.1 Å². The van der Waals surface area contributed by atoms with Crippen molar-refractivity contribution in [2.45, 2.75) is 69.8 Å². The van der Waals surface area contributed by atoms with Crippen molar-refractivity contribution in [2.24, 2.45) is 11.8 Å². The molecule has 1 fully saturated rings. The van der Waals surface area contributed by atoms with Crippen molar-refractivity contribution in [1.82, 2.24) is 0 Å². The maximum absolute atomic E-state index is 12.2. The van der Waals surface area contributed by atoms with E-state index in [2.05, 4.69) is 0 Å². The van der Waals surface area contributed by atoms with Crippen LogP contribution in [0.3, 0.4) is 0 Å². The number of benzene rings is 1. The van der Waals surface area contributed by atoms with Crippen LogP contribution in [-0.2, 0) is 22.4 Å². The molecule has 1 saturated carbocycles.